The minimum absolute atomic E-state index is 0.0747. The van der Waals surface area contributed by atoms with Crippen LogP contribution in [0.2, 0.25) is 5.02 Å². The fourth-order valence-electron chi connectivity index (χ4n) is 3.52. The molecule has 142 valence electrons. The molecule has 2 fully saturated rings. The number of ether oxygens (including phenoxy) is 2. The van der Waals surface area contributed by atoms with Crippen molar-refractivity contribution in [3.05, 3.63) is 52.8 Å². The van der Waals surface area contributed by atoms with Crippen LogP contribution in [0.15, 0.2) is 36.5 Å². The smallest absolute Gasteiger partial charge is 0.272 e. The Hall–Kier alpha value is -2.15. The molecule has 2 aromatic rings. The molecular formula is C20H22ClN3O3. The number of nitrogens with zero attached hydrogens (tertiary/aromatic N) is 2. The van der Waals surface area contributed by atoms with Gasteiger partial charge < -0.3 is 19.7 Å². The number of carbonyl (C=O) groups excluding carboxylic acids is 1. The Labute approximate surface area is 163 Å². The molecule has 0 bridgehead atoms. The van der Waals surface area contributed by atoms with E-state index in [1.165, 1.54) is 0 Å². The van der Waals surface area contributed by atoms with Gasteiger partial charge in [-0.2, -0.15) is 0 Å². The first kappa shape index (κ1) is 18.2. The predicted octanol–water partition coefficient (Wildman–Crippen LogP) is 3.77. The highest BCUT2D eigenvalue weighted by molar-refractivity contribution is 6.31. The summed E-state index contributed by atoms with van der Waals surface area (Å²) in [5.41, 5.74) is 3.09. The first-order valence-corrected chi connectivity index (χ1v) is 9.50. The van der Waals surface area contributed by atoms with Gasteiger partial charge in [0.2, 0.25) is 0 Å². The van der Waals surface area contributed by atoms with Crippen LogP contribution in [0.1, 0.15) is 28.9 Å². The van der Waals surface area contributed by atoms with E-state index < -0.39 is 5.79 Å². The first-order chi connectivity index (χ1) is 13.1. The van der Waals surface area contributed by atoms with E-state index in [2.05, 4.69) is 10.3 Å². The Balaban J connectivity index is 1.46. The third-order valence-electron chi connectivity index (χ3n) is 5.15. The van der Waals surface area contributed by atoms with Gasteiger partial charge in [0.25, 0.3) is 5.91 Å². The normalized spacial score (nSPS) is 18.7. The number of carbonyl (C=O) groups is 1. The Morgan fingerprint density at radius 1 is 1.22 bits per heavy atom. The van der Waals surface area contributed by atoms with E-state index in [1.54, 1.807) is 12.3 Å². The summed E-state index contributed by atoms with van der Waals surface area (Å²) in [6.07, 6.45) is 3.03. The molecule has 2 aliphatic rings. The number of likely N-dealkylation sites (tertiary alicyclic amines) is 1. The number of rotatable bonds is 3. The van der Waals surface area contributed by atoms with Crippen molar-refractivity contribution in [3.8, 4) is 0 Å². The lowest BCUT2D eigenvalue weighted by Gasteiger charge is -2.37. The van der Waals surface area contributed by atoms with Crippen molar-refractivity contribution < 1.29 is 14.3 Å². The summed E-state index contributed by atoms with van der Waals surface area (Å²) < 4.78 is 11.4. The zero-order chi connectivity index (χ0) is 18.9. The molecule has 7 heteroatoms. The van der Waals surface area contributed by atoms with Gasteiger partial charge in [-0.25, -0.2) is 0 Å². The molecule has 2 saturated heterocycles. The molecular weight excluding hydrogens is 366 g/mol. The van der Waals surface area contributed by atoms with Crippen molar-refractivity contribution in [3.63, 3.8) is 0 Å². The van der Waals surface area contributed by atoms with Crippen LogP contribution in [-0.2, 0) is 9.47 Å². The lowest BCUT2D eigenvalue weighted by atomic mass is 10.0. The highest BCUT2D eigenvalue weighted by Gasteiger charge is 2.41. The third-order valence-corrected chi connectivity index (χ3v) is 5.56. The van der Waals surface area contributed by atoms with Gasteiger partial charge in [0.1, 0.15) is 5.69 Å². The van der Waals surface area contributed by atoms with Crippen molar-refractivity contribution in [1.82, 2.24) is 9.88 Å². The Kier molecular flexibility index (Phi) is 5.04. The largest absolute Gasteiger partial charge is 0.355 e. The van der Waals surface area contributed by atoms with Gasteiger partial charge in [-0.05, 0) is 36.8 Å². The minimum Gasteiger partial charge on any atom is -0.355 e. The average Bonchev–Trinajstić information content (AvgIpc) is 3.14. The summed E-state index contributed by atoms with van der Waals surface area (Å²) in [4.78, 5) is 18.9. The van der Waals surface area contributed by atoms with Crippen LogP contribution in [0.3, 0.4) is 0 Å². The third kappa shape index (κ3) is 3.78. The van der Waals surface area contributed by atoms with E-state index >= 15 is 0 Å². The molecule has 0 unspecified atom stereocenters. The van der Waals surface area contributed by atoms with Gasteiger partial charge in [0, 0.05) is 48.5 Å². The van der Waals surface area contributed by atoms with Gasteiger partial charge in [-0.15, -0.1) is 0 Å². The zero-order valence-corrected chi connectivity index (χ0v) is 16.0. The van der Waals surface area contributed by atoms with Crippen molar-refractivity contribution in [2.24, 2.45) is 0 Å². The maximum atomic E-state index is 12.9. The highest BCUT2D eigenvalue weighted by Crippen LogP contribution is 2.32. The number of hydrogen-bond donors (Lipinski definition) is 1. The van der Waals surface area contributed by atoms with E-state index in [1.807, 2.05) is 36.1 Å². The van der Waals surface area contributed by atoms with E-state index in [0.717, 1.165) is 16.9 Å². The summed E-state index contributed by atoms with van der Waals surface area (Å²) in [5, 5.41) is 4.01. The molecule has 1 amide bonds. The van der Waals surface area contributed by atoms with Crippen LogP contribution in [0, 0.1) is 6.92 Å². The fraction of sp³-hybridized carbons (Fsp3) is 0.400. The molecule has 3 heterocycles. The molecule has 27 heavy (non-hydrogen) atoms. The van der Waals surface area contributed by atoms with E-state index in [-0.39, 0.29) is 5.91 Å². The average molecular weight is 388 g/mol. The molecule has 4 rings (SSSR count). The number of nitrogens with one attached hydrogen (secondary N) is 1. The maximum Gasteiger partial charge on any atom is 0.272 e. The van der Waals surface area contributed by atoms with Crippen molar-refractivity contribution in [2.45, 2.75) is 25.6 Å². The zero-order valence-electron chi connectivity index (χ0n) is 15.2. The SMILES string of the molecule is Cc1c(Cl)cccc1Nc1ccnc(C(=O)N2CCC3(CC2)OCCO3)c1. The van der Waals surface area contributed by atoms with Gasteiger partial charge in [0.15, 0.2) is 5.79 Å². The number of hydrogen-bond acceptors (Lipinski definition) is 5. The second kappa shape index (κ2) is 7.46. The molecule has 1 aromatic carbocycles. The van der Waals surface area contributed by atoms with Crippen LogP contribution in [-0.4, -0.2) is 47.9 Å². The fourth-order valence-corrected chi connectivity index (χ4v) is 3.70. The molecule has 1 spiro atoms. The minimum atomic E-state index is -0.488. The van der Waals surface area contributed by atoms with Crippen LogP contribution >= 0.6 is 11.6 Å². The summed E-state index contributed by atoms with van der Waals surface area (Å²) in [7, 11) is 0. The van der Waals surface area contributed by atoms with Gasteiger partial charge in [-0.3, -0.25) is 9.78 Å². The Morgan fingerprint density at radius 3 is 2.70 bits per heavy atom. The van der Waals surface area contributed by atoms with Crippen LogP contribution in [0.25, 0.3) is 0 Å². The predicted molar refractivity (Wildman–Crippen MR) is 103 cm³/mol. The van der Waals surface area contributed by atoms with Crippen molar-refractivity contribution >= 4 is 28.9 Å². The van der Waals surface area contributed by atoms with E-state index in [4.69, 9.17) is 21.1 Å². The number of aromatic nitrogens is 1. The molecule has 1 aromatic heterocycles. The number of benzene rings is 1. The standard InChI is InChI=1S/C20H22ClN3O3/c1-14-16(21)3-2-4-17(14)23-15-5-8-22-18(13-15)19(25)24-9-6-20(7-10-24)26-11-12-27-20/h2-5,8,13H,6-7,9-12H2,1H3,(H,22,23). The van der Waals surface area contributed by atoms with Crippen LogP contribution in [0.5, 0.6) is 0 Å². The van der Waals surface area contributed by atoms with Crippen molar-refractivity contribution in [2.75, 3.05) is 31.6 Å². The number of anilines is 2. The Bertz CT molecular complexity index is 842. The highest BCUT2D eigenvalue weighted by atomic mass is 35.5. The summed E-state index contributed by atoms with van der Waals surface area (Å²) in [6, 6.07) is 9.30. The van der Waals surface area contributed by atoms with Gasteiger partial charge in [0.05, 0.1) is 13.2 Å². The number of pyridine rings is 1. The number of piperidine rings is 1. The quantitative estimate of drug-likeness (QED) is 0.868. The summed E-state index contributed by atoms with van der Waals surface area (Å²) in [5.74, 6) is -0.563. The van der Waals surface area contributed by atoms with Crippen LogP contribution < -0.4 is 5.32 Å². The summed E-state index contributed by atoms with van der Waals surface area (Å²) >= 11 is 6.18. The second-order valence-corrected chi connectivity index (χ2v) is 7.27. The maximum absolute atomic E-state index is 12.9. The summed E-state index contributed by atoms with van der Waals surface area (Å²) in [6.45, 7) is 4.42. The van der Waals surface area contributed by atoms with Gasteiger partial charge in [-0.1, -0.05) is 17.7 Å². The van der Waals surface area contributed by atoms with Crippen molar-refractivity contribution in [1.29, 1.82) is 0 Å². The molecule has 0 saturated carbocycles. The topological polar surface area (TPSA) is 63.7 Å². The Morgan fingerprint density at radius 2 is 1.96 bits per heavy atom. The van der Waals surface area contributed by atoms with E-state index in [9.17, 15) is 4.79 Å². The molecule has 6 nitrogen and oxygen atoms in total. The monoisotopic (exact) mass is 387 g/mol. The van der Waals surface area contributed by atoms with Crippen LogP contribution in [0.4, 0.5) is 11.4 Å². The molecule has 0 atom stereocenters. The number of amides is 1. The van der Waals surface area contributed by atoms with E-state index in [0.29, 0.717) is 49.9 Å². The van der Waals surface area contributed by atoms with Gasteiger partial charge >= 0.3 is 0 Å². The molecule has 1 N–H and O–H groups in total. The molecule has 0 radical (unpaired) electrons. The first-order valence-electron chi connectivity index (χ1n) is 9.12. The molecule has 2 aliphatic heterocycles. The lowest BCUT2D eigenvalue weighted by Crippen LogP contribution is -2.47. The number of halogens is 1. The molecule has 0 aliphatic carbocycles. The second-order valence-electron chi connectivity index (χ2n) is 6.87. The lowest BCUT2D eigenvalue weighted by molar-refractivity contribution is -0.181.